The van der Waals surface area contributed by atoms with Crippen molar-refractivity contribution in [1.82, 2.24) is 0 Å². The van der Waals surface area contributed by atoms with E-state index >= 15 is 0 Å². The molecule has 2 aromatic carbocycles. The van der Waals surface area contributed by atoms with E-state index in [4.69, 9.17) is 11.6 Å². The van der Waals surface area contributed by atoms with Crippen LogP contribution in [0.1, 0.15) is 0 Å². The summed E-state index contributed by atoms with van der Waals surface area (Å²) < 4.78 is 0. The quantitative estimate of drug-likeness (QED) is 0.833. The maximum absolute atomic E-state index is 5.86. The first kappa shape index (κ1) is 12.9. The Balaban J connectivity index is 0.00000128. The highest BCUT2D eigenvalue weighted by Gasteiger charge is 2.01. The molecule has 84 valence electrons. The fraction of sp³-hybridized carbons (Fsp3) is 0.0769. The fourth-order valence-electron chi connectivity index (χ4n) is 1.58. The average molecular weight is 254 g/mol. The summed E-state index contributed by atoms with van der Waals surface area (Å²) in [6.45, 7) is 0. The molecular weight excluding hydrogens is 241 g/mol. The average Bonchev–Trinajstić information content (AvgIpc) is 2.30. The second-order valence-electron chi connectivity index (χ2n) is 3.30. The van der Waals surface area contributed by atoms with Crippen molar-refractivity contribution in [1.29, 1.82) is 0 Å². The summed E-state index contributed by atoms with van der Waals surface area (Å²) >= 11 is 5.86. The van der Waals surface area contributed by atoms with E-state index < -0.39 is 0 Å². The molecule has 0 aliphatic carbocycles. The van der Waals surface area contributed by atoms with Crippen LogP contribution in [0.2, 0.25) is 5.02 Å². The lowest BCUT2D eigenvalue weighted by Crippen LogP contribution is -1.90. The summed E-state index contributed by atoms with van der Waals surface area (Å²) in [5.74, 6) is 0. The molecule has 0 spiro atoms. The number of hydrogen-bond acceptors (Lipinski definition) is 1. The van der Waals surface area contributed by atoms with Crippen molar-refractivity contribution in [3.05, 3.63) is 53.6 Å². The number of rotatable bonds is 2. The zero-order valence-corrected chi connectivity index (χ0v) is 10.5. The second kappa shape index (κ2) is 5.78. The van der Waals surface area contributed by atoms with Crippen LogP contribution < -0.4 is 5.32 Å². The van der Waals surface area contributed by atoms with E-state index in [1.54, 1.807) is 0 Å². The Kier molecular flexibility index (Phi) is 4.66. The summed E-state index contributed by atoms with van der Waals surface area (Å²) in [5.41, 5.74) is 3.49. The number of para-hydroxylation sites is 1. The topological polar surface area (TPSA) is 12.0 Å². The van der Waals surface area contributed by atoms with Gasteiger partial charge in [0, 0.05) is 23.3 Å². The maximum Gasteiger partial charge on any atom is 0.0417 e. The maximum atomic E-state index is 5.86. The van der Waals surface area contributed by atoms with Crippen molar-refractivity contribution in [3.63, 3.8) is 0 Å². The zero-order valence-electron chi connectivity index (χ0n) is 8.91. The fourth-order valence-corrected chi connectivity index (χ4v) is 1.71. The molecule has 0 unspecified atom stereocenters. The minimum Gasteiger partial charge on any atom is -0.388 e. The lowest BCUT2D eigenvalue weighted by molar-refractivity contribution is 1.50. The van der Waals surface area contributed by atoms with Crippen molar-refractivity contribution in [2.45, 2.75) is 0 Å². The molecule has 3 heteroatoms. The third-order valence-corrected chi connectivity index (χ3v) is 2.60. The van der Waals surface area contributed by atoms with Gasteiger partial charge >= 0.3 is 0 Å². The van der Waals surface area contributed by atoms with Crippen LogP contribution in [0.25, 0.3) is 11.1 Å². The minimum absolute atomic E-state index is 0. The Labute approximate surface area is 107 Å². The van der Waals surface area contributed by atoms with E-state index in [1.807, 2.05) is 43.4 Å². The molecule has 0 amide bonds. The molecule has 0 atom stereocenters. The second-order valence-corrected chi connectivity index (χ2v) is 3.74. The van der Waals surface area contributed by atoms with Gasteiger partial charge in [-0.3, -0.25) is 0 Å². The first-order chi connectivity index (χ1) is 7.31. The standard InChI is InChI=1S/C13H12ClN.ClH/c1-15-13-5-3-2-4-12(13)10-6-8-11(14)9-7-10;/h2-9,15H,1H3;1H. The van der Waals surface area contributed by atoms with Gasteiger partial charge in [0.2, 0.25) is 0 Å². The van der Waals surface area contributed by atoms with Crippen LogP contribution >= 0.6 is 24.0 Å². The number of anilines is 1. The molecule has 1 nitrogen and oxygen atoms in total. The summed E-state index contributed by atoms with van der Waals surface area (Å²) in [6, 6.07) is 16.1. The highest BCUT2D eigenvalue weighted by Crippen LogP contribution is 2.28. The predicted octanol–water partition coefficient (Wildman–Crippen LogP) is 4.47. The van der Waals surface area contributed by atoms with Gasteiger partial charge in [-0.25, -0.2) is 0 Å². The molecule has 16 heavy (non-hydrogen) atoms. The van der Waals surface area contributed by atoms with Gasteiger partial charge < -0.3 is 5.32 Å². The number of hydrogen-bond donors (Lipinski definition) is 1. The molecule has 0 radical (unpaired) electrons. The summed E-state index contributed by atoms with van der Waals surface area (Å²) in [4.78, 5) is 0. The lowest BCUT2D eigenvalue weighted by Gasteiger charge is -2.08. The van der Waals surface area contributed by atoms with Gasteiger partial charge in [-0.1, -0.05) is 41.9 Å². The van der Waals surface area contributed by atoms with Gasteiger partial charge in [-0.15, -0.1) is 12.4 Å². The van der Waals surface area contributed by atoms with Gasteiger partial charge in [0.15, 0.2) is 0 Å². The zero-order chi connectivity index (χ0) is 10.7. The van der Waals surface area contributed by atoms with Crippen molar-refractivity contribution in [2.24, 2.45) is 0 Å². The number of nitrogens with one attached hydrogen (secondary N) is 1. The van der Waals surface area contributed by atoms with Crippen molar-refractivity contribution >= 4 is 29.7 Å². The molecule has 0 fully saturated rings. The van der Waals surface area contributed by atoms with Crippen molar-refractivity contribution in [3.8, 4) is 11.1 Å². The van der Waals surface area contributed by atoms with E-state index in [1.165, 1.54) is 11.1 Å². The van der Waals surface area contributed by atoms with Gasteiger partial charge in [0.1, 0.15) is 0 Å². The molecule has 1 N–H and O–H groups in total. The van der Waals surface area contributed by atoms with Crippen LogP contribution in [-0.2, 0) is 0 Å². The molecular formula is C13H13Cl2N. The SMILES string of the molecule is CNc1ccccc1-c1ccc(Cl)cc1.Cl. The van der Waals surface area contributed by atoms with Gasteiger partial charge in [-0.2, -0.15) is 0 Å². The normalized spacial score (nSPS) is 9.38. The predicted molar refractivity (Wildman–Crippen MR) is 73.7 cm³/mol. The third-order valence-electron chi connectivity index (χ3n) is 2.35. The molecule has 0 aliphatic rings. The lowest BCUT2D eigenvalue weighted by atomic mass is 10.0. The minimum atomic E-state index is 0. The smallest absolute Gasteiger partial charge is 0.0417 e. The molecule has 0 heterocycles. The van der Waals surface area contributed by atoms with Crippen LogP contribution in [0.3, 0.4) is 0 Å². The van der Waals surface area contributed by atoms with E-state index in [2.05, 4.69) is 17.4 Å². The van der Waals surface area contributed by atoms with E-state index in [-0.39, 0.29) is 12.4 Å². The largest absolute Gasteiger partial charge is 0.388 e. The highest BCUT2D eigenvalue weighted by atomic mass is 35.5. The Morgan fingerprint density at radius 3 is 2.19 bits per heavy atom. The van der Waals surface area contributed by atoms with Crippen molar-refractivity contribution < 1.29 is 0 Å². The van der Waals surface area contributed by atoms with Gasteiger partial charge in [0.25, 0.3) is 0 Å². The van der Waals surface area contributed by atoms with E-state index in [9.17, 15) is 0 Å². The van der Waals surface area contributed by atoms with Crippen LogP contribution in [0.5, 0.6) is 0 Å². The Morgan fingerprint density at radius 1 is 0.938 bits per heavy atom. The van der Waals surface area contributed by atoms with Crippen LogP contribution in [0.15, 0.2) is 48.5 Å². The van der Waals surface area contributed by atoms with E-state index in [0.29, 0.717) is 0 Å². The monoisotopic (exact) mass is 253 g/mol. The first-order valence-corrected chi connectivity index (χ1v) is 5.22. The molecule has 0 aromatic heterocycles. The van der Waals surface area contributed by atoms with E-state index in [0.717, 1.165) is 10.7 Å². The highest BCUT2D eigenvalue weighted by molar-refractivity contribution is 6.30. The Hall–Kier alpha value is -1.18. The van der Waals surface area contributed by atoms with Crippen LogP contribution in [0, 0.1) is 0 Å². The Bertz CT molecular complexity index is 452. The number of benzene rings is 2. The summed E-state index contributed by atoms with van der Waals surface area (Å²) in [7, 11) is 1.93. The van der Waals surface area contributed by atoms with Gasteiger partial charge in [-0.05, 0) is 23.8 Å². The van der Waals surface area contributed by atoms with Crippen LogP contribution in [-0.4, -0.2) is 7.05 Å². The summed E-state index contributed by atoms with van der Waals surface area (Å²) in [5, 5.41) is 3.94. The van der Waals surface area contributed by atoms with Crippen LogP contribution in [0.4, 0.5) is 5.69 Å². The molecule has 0 bridgehead atoms. The molecule has 0 saturated heterocycles. The Morgan fingerprint density at radius 2 is 1.56 bits per heavy atom. The molecule has 2 aromatic rings. The number of halogens is 2. The first-order valence-electron chi connectivity index (χ1n) is 4.84. The molecule has 0 aliphatic heterocycles. The molecule has 2 rings (SSSR count). The van der Waals surface area contributed by atoms with Crippen molar-refractivity contribution in [2.75, 3.05) is 12.4 Å². The third kappa shape index (κ3) is 2.69. The molecule has 0 saturated carbocycles. The van der Waals surface area contributed by atoms with Gasteiger partial charge in [0.05, 0.1) is 0 Å². The summed E-state index contributed by atoms with van der Waals surface area (Å²) in [6.07, 6.45) is 0.